The van der Waals surface area contributed by atoms with Gasteiger partial charge in [-0.25, -0.2) is 0 Å². The Morgan fingerprint density at radius 2 is 1.95 bits per heavy atom. The van der Waals surface area contributed by atoms with E-state index in [-0.39, 0.29) is 11.8 Å². The zero-order chi connectivity index (χ0) is 13.5. The van der Waals surface area contributed by atoms with Crippen LogP contribution in [0.1, 0.15) is 25.7 Å². The first kappa shape index (κ1) is 12.1. The number of carbonyl (C=O) groups is 1. The second kappa shape index (κ2) is 4.69. The van der Waals surface area contributed by atoms with Gasteiger partial charge < -0.3 is 14.8 Å². The summed E-state index contributed by atoms with van der Waals surface area (Å²) in [6, 6.07) is 5.61. The standard InChI is InChI=1S/C16H19NO3/c18-16(13-8-10-1-2-11(13)7-10)17-12-3-4-14-15(9-12)20-6-5-19-14/h3-4,9-11,13H,1-2,5-8H2,(H,17,18)/t10-,11-,13+/m1/s1. The predicted octanol–water partition coefficient (Wildman–Crippen LogP) is 2.83. The van der Waals surface area contributed by atoms with Crippen LogP contribution in [-0.2, 0) is 4.79 Å². The number of ether oxygens (including phenoxy) is 2. The lowest BCUT2D eigenvalue weighted by Crippen LogP contribution is -2.27. The highest BCUT2D eigenvalue weighted by Gasteiger charge is 2.43. The van der Waals surface area contributed by atoms with Crippen molar-refractivity contribution in [2.45, 2.75) is 25.7 Å². The van der Waals surface area contributed by atoms with Gasteiger partial charge in [-0.05, 0) is 43.2 Å². The largest absolute Gasteiger partial charge is 0.486 e. The van der Waals surface area contributed by atoms with E-state index >= 15 is 0 Å². The van der Waals surface area contributed by atoms with Crippen LogP contribution in [0.25, 0.3) is 0 Å². The Labute approximate surface area is 118 Å². The van der Waals surface area contributed by atoms with Crippen molar-refractivity contribution >= 4 is 11.6 Å². The number of fused-ring (bicyclic) bond motifs is 3. The van der Waals surface area contributed by atoms with Crippen molar-refractivity contribution in [1.82, 2.24) is 0 Å². The van der Waals surface area contributed by atoms with Crippen molar-refractivity contribution in [1.29, 1.82) is 0 Å². The molecule has 1 N–H and O–H groups in total. The second-order valence-electron chi connectivity index (χ2n) is 6.13. The summed E-state index contributed by atoms with van der Waals surface area (Å²) < 4.78 is 11.0. The van der Waals surface area contributed by atoms with Crippen LogP contribution in [0.2, 0.25) is 0 Å². The van der Waals surface area contributed by atoms with Gasteiger partial charge in [0.2, 0.25) is 5.91 Å². The predicted molar refractivity (Wildman–Crippen MR) is 75.0 cm³/mol. The van der Waals surface area contributed by atoms with Gasteiger partial charge in [0.25, 0.3) is 0 Å². The van der Waals surface area contributed by atoms with E-state index in [0.717, 1.165) is 29.5 Å². The minimum absolute atomic E-state index is 0.175. The maximum atomic E-state index is 12.4. The van der Waals surface area contributed by atoms with Crippen LogP contribution in [0, 0.1) is 17.8 Å². The SMILES string of the molecule is O=C(Nc1ccc2c(c1)OCCO2)[C@H]1C[C@@H]2CC[C@@H]1C2. The van der Waals surface area contributed by atoms with E-state index in [1.165, 1.54) is 19.3 Å². The molecule has 2 fully saturated rings. The molecule has 2 aliphatic carbocycles. The molecule has 0 unspecified atom stereocenters. The van der Waals surface area contributed by atoms with Gasteiger partial charge >= 0.3 is 0 Å². The second-order valence-corrected chi connectivity index (χ2v) is 6.13. The van der Waals surface area contributed by atoms with Crippen LogP contribution in [-0.4, -0.2) is 19.1 Å². The van der Waals surface area contributed by atoms with Gasteiger partial charge in [0, 0.05) is 17.7 Å². The summed E-state index contributed by atoms with van der Waals surface area (Å²) in [5, 5.41) is 3.04. The van der Waals surface area contributed by atoms with E-state index < -0.39 is 0 Å². The Bertz CT molecular complexity index is 543. The van der Waals surface area contributed by atoms with E-state index in [2.05, 4.69) is 5.32 Å². The van der Waals surface area contributed by atoms with Crippen molar-refractivity contribution in [3.8, 4) is 11.5 Å². The van der Waals surface area contributed by atoms with Gasteiger partial charge in [-0.2, -0.15) is 0 Å². The lowest BCUT2D eigenvalue weighted by atomic mass is 9.88. The maximum absolute atomic E-state index is 12.4. The zero-order valence-corrected chi connectivity index (χ0v) is 11.4. The molecule has 2 saturated carbocycles. The monoisotopic (exact) mass is 273 g/mol. The Balaban J connectivity index is 1.47. The molecule has 106 valence electrons. The summed E-state index contributed by atoms with van der Waals surface area (Å²) in [6.45, 7) is 1.15. The summed E-state index contributed by atoms with van der Waals surface area (Å²) in [6.07, 6.45) is 4.86. The lowest BCUT2D eigenvalue weighted by Gasteiger charge is -2.22. The van der Waals surface area contributed by atoms with Gasteiger partial charge in [-0.1, -0.05) is 6.42 Å². The topological polar surface area (TPSA) is 47.6 Å². The minimum Gasteiger partial charge on any atom is -0.486 e. The van der Waals surface area contributed by atoms with Crippen LogP contribution in [0.15, 0.2) is 18.2 Å². The number of anilines is 1. The molecule has 3 aliphatic rings. The van der Waals surface area contributed by atoms with Crippen LogP contribution in [0.4, 0.5) is 5.69 Å². The fourth-order valence-corrected chi connectivity index (χ4v) is 3.92. The quantitative estimate of drug-likeness (QED) is 0.901. The third kappa shape index (κ3) is 2.03. The Morgan fingerprint density at radius 3 is 2.70 bits per heavy atom. The van der Waals surface area contributed by atoms with Gasteiger partial charge in [-0.3, -0.25) is 4.79 Å². The highest BCUT2D eigenvalue weighted by molar-refractivity contribution is 5.93. The number of rotatable bonds is 2. The molecule has 1 aromatic rings. The van der Waals surface area contributed by atoms with E-state index in [9.17, 15) is 4.79 Å². The molecule has 4 nitrogen and oxygen atoms in total. The molecule has 3 atom stereocenters. The Hall–Kier alpha value is -1.71. The van der Waals surface area contributed by atoms with Crippen LogP contribution < -0.4 is 14.8 Å². The zero-order valence-electron chi connectivity index (χ0n) is 11.4. The number of hydrogen-bond donors (Lipinski definition) is 1. The van der Waals surface area contributed by atoms with Crippen LogP contribution in [0.5, 0.6) is 11.5 Å². The van der Waals surface area contributed by atoms with Gasteiger partial charge in [0.05, 0.1) is 0 Å². The number of carbonyl (C=O) groups excluding carboxylic acids is 1. The van der Waals surface area contributed by atoms with Crippen molar-refractivity contribution in [3.05, 3.63) is 18.2 Å². The molecule has 1 amide bonds. The lowest BCUT2D eigenvalue weighted by molar-refractivity contribution is -0.121. The molecule has 1 heterocycles. The summed E-state index contributed by atoms with van der Waals surface area (Å²) >= 11 is 0. The average Bonchev–Trinajstić information content (AvgIpc) is 3.10. The maximum Gasteiger partial charge on any atom is 0.227 e. The molecule has 0 radical (unpaired) electrons. The highest BCUT2D eigenvalue weighted by atomic mass is 16.6. The first-order valence-corrected chi connectivity index (χ1v) is 7.50. The molecule has 0 aromatic heterocycles. The van der Waals surface area contributed by atoms with Crippen LogP contribution >= 0.6 is 0 Å². The normalized spacial score (nSPS) is 30.3. The fraction of sp³-hybridized carbons (Fsp3) is 0.562. The fourth-order valence-electron chi connectivity index (χ4n) is 3.92. The average molecular weight is 273 g/mol. The number of benzene rings is 1. The molecule has 2 bridgehead atoms. The Morgan fingerprint density at radius 1 is 1.10 bits per heavy atom. The number of amides is 1. The van der Waals surface area contributed by atoms with Crippen molar-refractivity contribution in [3.63, 3.8) is 0 Å². The molecule has 0 spiro atoms. The van der Waals surface area contributed by atoms with Crippen molar-refractivity contribution in [2.24, 2.45) is 17.8 Å². The summed E-state index contributed by atoms with van der Waals surface area (Å²) in [7, 11) is 0. The van der Waals surface area contributed by atoms with E-state index in [1.54, 1.807) is 0 Å². The third-order valence-electron chi connectivity index (χ3n) is 4.88. The van der Waals surface area contributed by atoms with Crippen LogP contribution in [0.3, 0.4) is 0 Å². The van der Waals surface area contributed by atoms with Crippen molar-refractivity contribution in [2.75, 3.05) is 18.5 Å². The van der Waals surface area contributed by atoms with E-state index in [0.29, 0.717) is 19.1 Å². The summed E-state index contributed by atoms with van der Waals surface area (Å²) in [5.41, 5.74) is 0.807. The van der Waals surface area contributed by atoms with Crippen molar-refractivity contribution < 1.29 is 14.3 Å². The van der Waals surface area contributed by atoms with Gasteiger partial charge in [0.1, 0.15) is 13.2 Å². The first-order chi connectivity index (χ1) is 9.79. The molecular weight excluding hydrogens is 254 g/mol. The molecule has 0 saturated heterocycles. The van der Waals surface area contributed by atoms with E-state index in [1.807, 2.05) is 18.2 Å². The molecule has 20 heavy (non-hydrogen) atoms. The summed E-state index contributed by atoms with van der Waals surface area (Å²) in [5.74, 6) is 3.26. The first-order valence-electron chi connectivity index (χ1n) is 7.50. The molecular formula is C16H19NO3. The third-order valence-corrected chi connectivity index (χ3v) is 4.88. The Kier molecular flexibility index (Phi) is 2.83. The van der Waals surface area contributed by atoms with E-state index in [4.69, 9.17) is 9.47 Å². The highest BCUT2D eigenvalue weighted by Crippen LogP contribution is 2.48. The minimum atomic E-state index is 0.175. The molecule has 4 heteroatoms. The molecule has 4 rings (SSSR count). The number of nitrogens with one attached hydrogen (secondary N) is 1. The van der Waals surface area contributed by atoms with Gasteiger partial charge in [0.15, 0.2) is 11.5 Å². The number of hydrogen-bond acceptors (Lipinski definition) is 3. The summed E-state index contributed by atoms with van der Waals surface area (Å²) in [4.78, 5) is 12.4. The molecule has 1 aromatic carbocycles. The molecule has 1 aliphatic heterocycles. The smallest absolute Gasteiger partial charge is 0.227 e. The van der Waals surface area contributed by atoms with Gasteiger partial charge in [-0.15, -0.1) is 0 Å².